The summed E-state index contributed by atoms with van der Waals surface area (Å²) in [5.74, 6) is 0. The Hall–Kier alpha value is -2.50. The Morgan fingerprint density at radius 2 is 1.87 bits per heavy atom. The number of rotatable bonds is 3. The molecule has 1 aromatic carbocycles. The fraction of sp³-hybridized carbons (Fsp3) is 0. The highest BCUT2D eigenvalue weighted by atomic mass is 35.5. The van der Waals surface area contributed by atoms with Crippen LogP contribution >= 0.6 is 22.9 Å². The van der Waals surface area contributed by atoms with Gasteiger partial charge >= 0.3 is 0 Å². The number of fused-ring (bicyclic) bond motifs is 1. The number of para-hydroxylation sites is 1. The fourth-order valence-electron chi connectivity index (χ4n) is 2.52. The molecule has 0 saturated carbocycles. The summed E-state index contributed by atoms with van der Waals surface area (Å²) in [6, 6.07) is 15.6. The maximum Gasteiger partial charge on any atom is 0.224 e. The molecule has 0 radical (unpaired) electrons. The van der Waals surface area contributed by atoms with Crippen molar-refractivity contribution in [3.05, 3.63) is 64.9 Å². The molecular weight excluding hydrogens is 330 g/mol. The number of carbonyl (C=O) groups excluding carboxylic acids is 1. The predicted molar refractivity (Wildman–Crippen MR) is 92.6 cm³/mol. The van der Waals surface area contributed by atoms with Crippen LogP contribution in [0.4, 0.5) is 0 Å². The molecule has 4 rings (SSSR count). The van der Waals surface area contributed by atoms with Gasteiger partial charge in [0.1, 0.15) is 5.65 Å². The van der Waals surface area contributed by atoms with Crippen molar-refractivity contribution >= 4 is 40.3 Å². The summed E-state index contributed by atoms with van der Waals surface area (Å²) in [7, 11) is 0. The first-order valence-corrected chi connectivity index (χ1v) is 8.11. The van der Waals surface area contributed by atoms with Crippen LogP contribution in [0.25, 0.3) is 27.3 Å². The molecule has 0 saturated heterocycles. The van der Waals surface area contributed by atoms with Crippen molar-refractivity contribution in [2.75, 3.05) is 0 Å². The third-order valence-electron chi connectivity index (χ3n) is 3.53. The average Bonchev–Trinajstić information content (AvgIpc) is 3.21. The number of aldehydes is 1. The molecule has 0 fully saturated rings. The summed E-state index contributed by atoms with van der Waals surface area (Å²) >= 11 is 7.52. The monoisotopic (exact) mass is 339 g/mol. The Morgan fingerprint density at radius 3 is 2.61 bits per heavy atom. The number of halogens is 1. The second-order valence-corrected chi connectivity index (χ2v) is 6.37. The van der Waals surface area contributed by atoms with E-state index in [2.05, 4.69) is 9.97 Å². The average molecular weight is 340 g/mol. The molecule has 0 aliphatic carbocycles. The quantitative estimate of drug-likeness (QED) is 0.404. The van der Waals surface area contributed by atoms with Gasteiger partial charge in [-0.1, -0.05) is 18.2 Å². The van der Waals surface area contributed by atoms with E-state index in [9.17, 15) is 4.79 Å². The van der Waals surface area contributed by atoms with E-state index in [0.717, 1.165) is 33.6 Å². The van der Waals surface area contributed by atoms with Crippen molar-refractivity contribution in [1.29, 1.82) is 0 Å². The Kier molecular flexibility index (Phi) is 3.44. The molecule has 0 bridgehead atoms. The second-order valence-electron chi connectivity index (χ2n) is 4.92. The molecule has 0 aliphatic rings. The predicted octanol–water partition coefficient (Wildman–Crippen LogP) is 4.61. The van der Waals surface area contributed by atoms with Crippen LogP contribution < -0.4 is 0 Å². The zero-order valence-electron chi connectivity index (χ0n) is 11.8. The first-order chi connectivity index (χ1) is 11.3. The van der Waals surface area contributed by atoms with Gasteiger partial charge in [-0.05, 0) is 41.9 Å². The van der Waals surface area contributed by atoms with E-state index in [1.54, 1.807) is 6.07 Å². The van der Waals surface area contributed by atoms with Crippen LogP contribution in [0, 0.1) is 0 Å². The molecular formula is C17H10ClN3OS. The van der Waals surface area contributed by atoms with Gasteiger partial charge in [0, 0.05) is 17.3 Å². The molecule has 112 valence electrons. The van der Waals surface area contributed by atoms with Crippen LogP contribution in [-0.4, -0.2) is 20.8 Å². The van der Waals surface area contributed by atoms with Crippen molar-refractivity contribution in [3.63, 3.8) is 0 Å². The summed E-state index contributed by atoms with van der Waals surface area (Å²) in [5.41, 5.74) is 2.49. The highest BCUT2D eigenvalue weighted by molar-refractivity contribution is 7.17. The van der Waals surface area contributed by atoms with E-state index in [-0.39, 0.29) is 5.28 Å². The lowest BCUT2D eigenvalue weighted by atomic mass is 10.2. The lowest BCUT2D eigenvalue weighted by Gasteiger charge is -2.06. The van der Waals surface area contributed by atoms with E-state index < -0.39 is 0 Å². The van der Waals surface area contributed by atoms with Gasteiger partial charge in [0.25, 0.3) is 0 Å². The number of hydrogen-bond donors (Lipinski definition) is 0. The van der Waals surface area contributed by atoms with Crippen molar-refractivity contribution in [2.45, 2.75) is 0 Å². The van der Waals surface area contributed by atoms with Gasteiger partial charge < -0.3 is 4.57 Å². The van der Waals surface area contributed by atoms with E-state index in [1.807, 2.05) is 53.2 Å². The Bertz CT molecular complexity index is 1010. The minimum Gasteiger partial charge on any atom is -0.301 e. The molecule has 3 aromatic heterocycles. The summed E-state index contributed by atoms with van der Waals surface area (Å²) in [4.78, 5) is 21.2. The van der Waals surface area contributed by atoms with Crippen molar-refractivity contribution in [1.82, 2.24) is 14.5 Å². The molecule has 3 heterocycles. The minimum atomic E-state index is 0.185. The Morgan fingerprint density at radius 1 is 1.04 bits per heavy atom. The largest absolute Gasteiger partial charge is 0.301 e. The van der Waals surface area contributed by atoms with E-state index in [4.69, 9.17) is 11.6 Å². The molecule has 6 heteroatoms. The van der Waals surface area contributed by atoms with Crippen molar-refractivity contribution < 1.29 is 4.79 Å². The lowest BCUT2D eigenvalue weighted by Crippen LogP contribution is -1.95. The number of thiophene rings is 1. The van der Waals surface area contributed by atoms with Crippen LogP contribution in [0.5, 0.6) is 0 Å². The number of aromatic nitrogens is 3. The van der Waals surface area contributed by atoms with Crippen LogP contribution in [0.3, 0.4) is 0 Å². The molecule has 0 unspecified atom stereocenters. The van der Waals surface area contributed by atoms with E-state index in [0.29, 0.717) is 4.88 Å². The molecule has 0 atom stereocenters. The summed E-state index contributed by atoms with van der Waals surface area (Å²) in [5, 5.41) is 1.09. The SMILES string of the molecule is O=Cc1ccc(-c2nc(Cl)nc3c2ccn3-c2ccccc2)s1. The standard InChI is InChI=1S/C17H10ClN3OS/c18-17-19-15(14-7-6-12(10-22)23-14)13-8-9-21(16(13)20-17)11-4-2-1-3-5-11/h1-10H. The van der Waals surface area contributed by atoms with Crippen molar-refractivity contribution in [2.24, 2.45) is 0 Å². The molecule has 0 aliphatic heterocycles. The number of benzene rings is 1. The summed E-state index contributed by atoms with van der Waals surface area (Å²) in [6.07, 6.45) is 2.78. The fourth-order valence-corrected chi connectivity index (χ4v) is 3.51. The highest BCUT2D eigenvalue weighted by Gasteiger charge is 2.15. The topological polar surface area (TPSA) is 47.8 Å². The van der Waals surface area contributed by atoms with Crippen LogP contribution in [-0.2, 0) is 0 Å². The summed E-state index contributed by atoms with van der Waals surface area (Å²) < 4.78 is 1.97. The lowest BCUT2D eigenvalue weighted by molar-refractivity contribution is 0.112. The third-order valence-corrected chi connectivity index (χ3v) is 4.71. The molecule has 23 heavy (non-hydrogen) atoms. The van der Waals surface area contributed by atoms with Gasteiger partial charge in [-0.25, -0.2) is 4.98 Å². The van der Waals surface area contributed by atoms with Crippen LogP contribution in [0.2, 0.25) is 5.28 Å². The van der Waals surface area contributed by atoms with E-state index in [1.165, 1.54) is 11.3 Å². The van der Waals surface area contributed by atoms with Gasteiger partial charge in [-0.3, -0.25) is 4.79 Å². The minimum absolute atomic E-state index is 0.185. The highest BCUT2D eigenvalue weighted by Crippen LogP contribution is 2.33. The third kappa shape index (κ3) is 2.44. The first kappa shape index (κ1) is 14.1. The number of nitrogens with zero attached hydrogens (tertiary/aromatic N) is 3. The van der Waals surface area contributed by atoms with Gasteiger partial charge in [-0.15, -0.1) is 11.3 Å². The molecule has 4 nitrogen and oxygen atoms in total. The Labute approximate surface area is 141 Å². The molecule has 4 aromatic rings. The van der Waals surface area contributed by atoms with Gasteiger partial charge in [-0.2, -0.15) is 4.98 Å². The van der Waals surface area contributed by atoms with E-state index >= 15 is 0 Å². The Balaban J connectivity index is 1.97. The smallest absolute Gasteiger partial charge is 0.224 e. The maximum atomic E-state index is 10.9. The molecule has 0 amide bonds. The second kappa shape index (κ2) is 5.61. The van der Waals surface area contributed by atoms with Crippen LogP contribution in [0.1, 0.15) is 9.67 Å². The van der Waals surface area contributed by atoms with Gasteiger partial charge in [0.15, 0.2) is 6.29 Å². The number of hydrogen-bond acceptors (Lipinski definition) is 4. The molecule has 0 N–H and O–H groups in total. The first-order valence-electron chi connectivity index (χ1n) is 6.91. The van der Waals surface area contributed by atoms with Gasteiger partial charge in [0.05, 0.1) is 15.4 Å². The zero-order valence-corrected chi connectivity index (χ0v) is 13.4. The zero-order chi connectivity index (χ0) is 15.8. The normalized spacial score (nSPS) is 11.0. The summed E-state index contributed by atoms with van der Waals surface area (Å²) in [6.45, 7) is 0. The molecule has 0 spiro atoms. The van der Waals surface area contributed by atoms with Crippen molar-refractivity contribution in [3.8, 4) is 16.3 Å². The maximum absolute atomic E-state index is 10.9. The number of carbonyl (C=O) groups is 1. The van der Waals surface area contributed by atoms with Crippen LogP contribution in [0.15, 0.2) is 54.7 Å². The van der Waals surface area contributed by atoms with Gasteiger partial charge in [0.2, 0.25) is 5.28 Å².